The minimum Gasteiger partial charge on any atom is -0.357 e. The van der Waals surface area contributed by atoms with E-state index < -0.39 is 0 Å². The predicted octanol–water partition coefficient (Wildman–Crippen LogP) is 2.49. The van der Waals surface area contributed by atoms with Gasteiger partial charge in [0.1, 0.15) is 0 Å². The first-order valence-electron chi connectivity index (χ1n) is 10.5. The molecule has 0 aromatic rings. The van der Waals surface area contributed by atoms with Crippen molar-refractivity contribution in [2.45, 2.75) is 47.0 Å². The molecule has 0 aromatic heterocycles. The molecule has 2 rings (SSSR count). The van der Waals surface area contributed by atoms with Gasteiger partial charge in [0.2, 0.25) is 5.91 Å². The molecule has 2 atom stereocenters. The van der Waals surface area contributed by atoms with Gasteiger partial charge >= 0.3 is 0 Å². The Morgan fingerprint density at radius 2 is 1.63 bits per heavy atom. The first-order valence-corrected chi connectivity index (χ1v) is 10.5. The molecule has 2 aliphatic rings. The third-order valence-electron chi connectivity index (χ3n) is 5.45. The fraction of sp³-hybridized carbons (Fsp3) is 0.900. The number of unbranched alkanes of at least 4 members (excludes halogenated alkanes) is 1. The van der Waals surface area contributed by atoms with Crippen LogP contribution in [0.2, 0.25) is 0 Å². The molecule has 2 aliphatic heterocycles. The van der Waals surface area contributed by atoms with Gasteiger partial charge in [0, 0.05) is 59.3 Å². The first-order chi connectivity index (χ1) is 12.5. The maximum absolute atomic E-state index is 11.5. The van der Waals surface area contributed by atoms with Gasteiger partial charge in [-0.05, 0) is 44.6 Å². The summed E-state index contributed by atoms with van der Waals surface area (Å²) >= 11 is 0. The average molecular weight is 493 g/mol. The fourth-order valence-corrected chi connectivity index (χ4v) is 4.27. The summed E-state index contributed by atoms with van der Waals surface area (Å²) in [6, 6.07) is 0. The lowest BCUT2D eigenvalue weighted by molar-refractivity contribution is -0.130. The summed E-state index contributed by atoms with van der Waals surface area (Å²) in [4.78, 5) is 23.1. The third-order valence-corrected chi connectivity index (χ3v) is 5.45. The van der Waals surface area contributed by atoms with Crippen molar-refractivity contribution < 1.29 is 4.79 Å². The van der Waals surface area contributed by atoms with Crippen molar-refractivity contribution in [2.75, 3.05) is 58.9 Å². The molecule has 7 heteroatoms. The van der Waals surface area contributed by atoms with Crippen LogP contribution in [0.3, 0.4) is 0 Å². The number of nitrogens with one attached hydrogen (secondary N) is 1. The van der Waals surface area contributed by atoms with E-state index in [9.17, 15) is 4.79 Å². The number of guanidine groups is 1. The Hall–Kier alpha value is -0.570. The first kappa shape index (κ1) is 24.5. The highest BCUT2D eigenvalue weighted by Crippen LogP contribution is 2.21. The molecule has 2 heterocycles. The van der Waals surface area contributed by atoms with Crippen LogP contribution in [0.5, 0.6) is 0 Å². The van der Waals surface area contributed by atoms with Crippen molar-refractivity contribution in [3.63, 3.8) is 0 Å². The van der Waals surface area contributed by atoms with Crippen molar-refractivity contribution in [3.05, 3.63) is 0 Å². The number of likely N-dealkylation sites (tertiary alicyclic amines) is 1. The smallest absolute Gasteiger partial charge is 0.219 e. The Morgan fingerprint density at radius 3 is 2.19 bits per heavy atom. The van der Waals surface area contributed by atoms with Crippen molar-refractivity contribution in [1.29, 1.82) is 0 Å². The summed E-state index contributed by atoms with van der Waals surface area (Å²) in [6.45, 7) is 17.3. The van der Waals surface area contributed by atoms with E-state index in [1.54, 1.807) is 6.92 Å². The van der Waals surface area contributed by atoms with Gasteiger partial charge in [0.05, 0.1) is 0 Å². The van der Waals surface area contributed by atoms with E-state index in [1.165, 1.54) is 32.5 Å². The molecule has 2 fully saturated rings. The summed E-state index contributed by atoms with van der Waals surface area (Å²) < 4.78 is 0. The SMILES string of the molecule is CCNC(=NCCCCN1CC(C)CC(C)C1)N1CCN(C(C)=O)CC1.I. The number of nitrogens with zero attached hydrogens (tertiary/aromatic N) is 4. The van der Waals surface area contributed by atoms with E-state index >= 15 is 0 Å². The van der Waals surface area contributed by atoms with E-state index in [0.29, 0.717) is 0 Å². The van der Waals surface area contributed by atoms with E-state index in [-0.39, 0.29) is 29.9 Å². The Balaban J connectivity index is 0.00000364. The number of hydrogen-bond acceptors (Lipinski definition) is 3. The molecule has 2 unspecified atom stereocenters. The van der Waals surface area contributed by atoms with Crippen LogP contribution in [-0.2, 0) is 4.79 Å². The molecule has 0 aromatic carbocycles. The van der Waals surface area contributed by atoms with Crippen molar-refractivity contribution >= 4 is 35.8 Å². The second-order valence-corrected chi connectivity index (χ2v) is 8.14. The second kappa shape index (κ2) is 12.8. The monoisotopic (exact) mass is 493 g/mol. The molecule has 0 radical (unpaired) electrons. The molecule has 0 bridgehead atoms. The average Bonchev–Trinajstić information content (AvgIpc) is 2.60. The number of aliphatic imine (C=N–C) groups is 1. The topological polar surface area (TPSA) is 51.2 Å². The normalized spacial score (nSPS) is 24.5. The lowest BCUT2D eigenvalue weighted by atomic mass is 9.92. The molecule has 27 heavy (non-hydrogen) atoms. The van der Waals surface area contributed by atoms with Crippen LogP contribution in [0.15, 0.2) is 4.99 Å². The van der Waals surface area contributed by atoms with Crippen LogP contribution in [0.25, 0.3) is 0 Å². The maximum atomic E-state index is 11.5. The number of piperazine rings is 1. The minimum absolute atomic E-state index is 0. The largest absolute Gasteiger partial charge is 0.357 e. The van der Waals surface area contributed by atoms with Crippen LogP contribution in [0, 0.1) is 11.8 Å². The number of amides is 1. The molecule has 158 valence electrons. The van der Waals surface area contributed by atoms with E-state index in [4.69, 9.17) is 4.99 Å². The zero-order valence-electron chi connectivity index (χ0n) is 17.7. The summed E-state index contributed by atoms with van der Waals surface area (Å²) in [7, 11) is 0. The predicted molar refractivity (Wildman–Crippen MR) is 124 cm³/mol. The zero-order chi connectivity index (χ0) is 18.9. The molecule has 1 amide bonds. The second-order valence-electron chi connectivity index (χ2n) is 8.14. The van der Waals surface area contributed by atoms with Gasteiger partial charge in [-0.25, -0.2) is 0 Å². The van der Waals surface area contributed by atoms with Gasteiger partial charge in [-0.2, -0.15) is 0 Å². The standard InChI is InChI=1S/C20H39N5O.HI/c1-5-21-20(25-12-10-24(11-13-25)19(4)26)22-8-6-7-9-23-15-17(2)14-18(3)16-23;/h17-18H,5-16H2,1-4H3,(H,21,22);1H. The quantitative estimate of drug-likeness (QED) is 0.268. The summed E-state index contributed by atoms with van der Waals surface area (Å²) in [6.07, 6.45) is 3.74. The van der Waals surface area contributed by atoms with E-state index in [1.807, 2.05) is 4.90 Å². The van der Waals surface area contributed by atoms with Gasteiger partial charge < -0.3 is 20.0 Å². The van der Waals surface area contributed by atoms with Crippen LogP contribution in [0.4, 0.5) is 0 Å². The minimum atomic E-state index is 0. The highest BCUT2D eigenvalue weighted by atomic mass is 127. The highest BCUT2D eigenvalue weighted by molar-refractivity contribution is 14.0. The van der Waals surface area contributed by atoms with Crippen molar-refractivity contribution in [2.24, 2.45) is 16.8 Å². The van der Waals surface area contributed by atoms with Crippen LogP contribution in [-0.4, -0.2) is 85.5 Å². The maximum Gasteiger partial charge on any atom is 0.219 e. The Morgan fingerprint density at radius 1 is 1.04 bits per heavy atom. The van der Waals surface area contributed by atoms with Crippen LogP contribution < -0.4 is 5.32 Å². The molecule has 0 aliphatic carbocycles. The Kier molecular flexibility index (Phi) is 11.6. The number of halogens is 1. The van der Waals surface area contributed by atoms with Gasteiger partial charge in [0.15, 0.2) is 5.96 Å². The van der Waals surface area contributed by atoms with Gasteiger partial charge in [-0.3, -0.25) is 9.79 Å². The Bertz CT molecular complexity index is 455. The van der Waals surface area contributed by atoms with Gasteiger partial charge in [-0.15, -0.1) is 24.0 Å². The lowest BCUT2D eigenvalue weighted by Crippen LogP contribution is -2.53. The molecule has 0 saturated carbocycles. The summed E-state index contributed by atoms with van der Waals surface area (Å²) in [5.74, 6) is 2.86. The zero-order valence-corrected chi connectivity index (χ0v) is 20.1. The van der Waals surface area contributed by atoms with Gasteiger partial charge in [-0.1, -0.05) is 13.8 Å². The number of rotatable bonds is 6. The Labute approximate surface area is 183 Å². The third kappa shape index (κ3) is 8.54. The molecule has 1 N–H and O–H groups in total. The van der Waals surface area contributed by atoms with Crippen LogP contribution >= 0.6 is 24.0 Å². The number of piperidine rings is 1. The highest BCUT2D eigenvalue weighted by Gasteiger charge is 2.22. The fourth-order valence-electron chi connectivity index (χ4n) is 4.27. The lowest BCUT2D eigenvalue weighted by Gasteiger charge is -2.36. The van der Waals surface area contributed by atoms with Crippen molar-refractivity contribution in [1.82, 2.24) is 20.0 Å². The summed E-state index contributed by atoms with van der Waals surface area (Å²) in [5, 5.41) is 3.41. The molecular weight excluding hydrogens is 453 g/mol. The van der Waals surface area contributed by atoms with Gasteiger partial charge in [0.25, 0.3) is 0 Å². The molecule has 2 saturated heterocycles. The van der Waals surface area contributed by atoms with E-state index in [0.717, 1.165) is 63.5 Å². The molecule has 0 spiro atoms. The van der Waals surface area contributed by atoms with E-state index in [2.05, 4.69) is 35.9 Å². The number of hydrogen-bond donors (Lipinski definition) is 1. The number of carbonyl (C=O) groups excluding carboxylic acids is 1. The molecule has 6 nitrogen and oxygen atoms in total. The summed E-state index contributed by atoms with van der Waals surface area (Å²) in [5.41, 5.74) is 0. The molecular formula is C20H40IN5O. The van der Waals surface area contributed by atoms with Crippen molar-refractivity contribution in [3.8, 4) is 0 Å². The van der Waals surface area contributed by atoms with Crippen LogP contribution in [0.1, 0.15) is 47.0 Å². The number of carbonyl (C=O) groups is 1.